The minimum absolute atomic E-state index is 0.227. The van der Waals surface area contributed by atoms with Crippen LogP contribution in [0.5, 0.6) is 0 Å². The van der Waals surface area contributed by atoms with Crippen molar-refractivity contribution in [3.05, 3.63) is 0 Å². The molecule has 0 aliphatic carbocycles. The van der Waals surface area contributed by atoms with Gasteiger partial charge in [-0.2, -0.15) is 0 Å². The second kappa shape index (κ2) is 43.4. The summed E-state index contributed by atoms with van der Waals surface area (Å²) in [6.45, 7) is 2.18. The van der Waals surface area contributed by atoms with Crippen molar-refractivity contribution < 1.29 is 104 Å². The highest BCUT2D eigenvalue weighted by Gasteiger charge is 2.60. The standard InChI is InChI=1S/C61H114N2O21/c1-4-6-8-10-12-14-16-17-18-19-20-21-22-23-24-25-26-28-30-32-34-43(68)42(63-48(71)35-33-31-29-27-15-13-11-9-7-5-2)40-79-58-53(75)52(74)55(47(39-66)81-58)82-59-54(76)57(51(73)46(38-65)80-59)84-61(60(77)78)36-44(69)49(62-41(3)67)56(83-61)50(72)45(70)37-64/h42-47,49-59,64-66,68-70,72-76H,4-40H2,1-3H3,(H,62,67)(H,63,71)(H,77,78). The summed E-state index contributed by atoms with van der Waals surface area (Å²) in [5, 5.41) is 136. The average molecular weight is 1210 g/mol. The number of ether oxygens (including phenoxy) is 6. The van der Waals surface area contributed by atoms with Gasteiger partial charge < -0.3 is 100 Å². The summed E-state index contributed by atoms with van der Waals surface area (Å²) in [7, 11) is 0. The van der Waals surface area contributed by atoms with Crippen LogP contribution in [-0.4, -0.2) is 215 Å². The molecule has 0 aromatic rings. The molecule has 3 rings (SSSR count). The maximum Gasteiger partial charge on any atom is 0.364 e. The van der Waals surface area contributed by atoms with E-state index in [4.69, 9.17) is 28.4 Å². The fourth-order valence-corrected chi connectivity index (χ4v) is 11.6. The van der Waals surface area contributed by atoms with E-state index in [1.807, 2.05) is 0 Å². The number of carbonyl (C=O) groups is 3. The van der Waals surface area contributed by atoms with Crippen LogP contribution >= 0.6 is 0 Å². The van der Waals surface area contributed by atoms with Crippen molar-refractivity contribution in [2.75, 3.05) is 26.4 Å². The minimum Gasteiger partial charge on any atom is -0.477 e. The first-order valence-corrected chi connectivity index (χ1v) is 32.4. The number of rotatable bonds is 48. The molecule has 3 fully saturated rings. The van der Waals surface area contributed by atoms with E-state index in [-0.39, 0.29) is 18.9 Å². The Morgan fingerprint density at radius 3 is 1.49 bits per heavy atom. The average Bonchev–Trinajstić information content (AvgIpc) is 1.76. The summed E-state index contributed by atoms with van der Waals surface area (Å²) >= 11 is 0. The number of carboxylic acids is 1. The molecule has 0 aromatic carbocycles. The number of amides is 2. The molecular weight excluding hydrogens is 1100 g/mol. The van der Waals surface area contributed by atoms with Crippen molar-refractivity contribution in [2.24, 2.45) is 0 Å². The van der Waals surface area contributed by atoms with Crippen LogP contribution in [0.15, 0.2) is 0 Å². The van der Waals surface area contributed by atoms with Gasteiger partial charge >= 0.3 is 5.97 Å². The normalized spacial score (nSPS) is 29.7. The smallest absolute Gasteiger partial charge is 0.364 e. The summed E-state index contributed by atoms with van der Waals surface area (Å²) in [5.74, 6) is -6.10. The van der Waals surface area contributed by atoms with E-state index < -0.39 is 148 Å². The van der Waals surface area contributed by atoms with E-state index in [0.29, 0.717) is 19.3 Å². The molecule has 0 saturated carbocycles. The molecule has 18 atom stereocenters. The molecule has 3 heterocycles. The van der Waals surface area contributed by atoms with Crippen molar-refractivity contribution in [1.29, 1.82) is 0 Å². The van der Waals surface area contributed by atoms with E-state index in [1.54, 1.807) is 0 Å². The van der Waals surface area contributed by atoms with Crippen LogP contribution in [0.4, 0.5) is 0 Å². The van der Waals surface area contributed by atoms with E-state index in [2.05, 4.69) is 24.5 Å². The van der Waals surface area contributed by atoms with Crippen LogP contribution in [0.3, 0.4) is 0 Å². The van der Waals surface area contributed by atoms with Gasteiger partial charge in [0.1, 0.15) is 67.1 Å². The Labute approximate surface area is 499 Å². The Morgan fingerprint density at radius 2 is 1.04 bits per heavy atom. The van der Waals surface area contributed by atoms with Crippen LogP contribution in [0.1, 0.15) is 233 Å². The molecule has 23 heteroatoms. The third-order valence-corrected chi connectivity index (χ3v) is 16.8. The zero-order valence-corrected chi connectivity index (χ0v) is 51.0. The van der Waals surface area contributed by atoms with E-state index in [9.17, 15) is 75.7 Å². The fourth-order valence-electron chi connectivity index (χ4n) is 11.6. The Kier molecular flexibility index (Phi) is 39.3. The molecule has 0 radical (unpaired) electrons. The molecule has 3 aliphatic heterocycles. The number of unbranched alkanes of at least 4 members (excludes halogenated alkanes) is 28. The third-order valence-electron chi connectivity index (χ3n) is 16.8. The van der Waals surface area contributed by atoms with E-state index in [0.717, 1.165) is 58.3 Å². The molecule has 2 amide bonds. The highest BCUT2D eigenvalue weighted by molar-refractivity contribution is 5.77. The Morgan fingerprint density at radius 1 is 0.571 bits per heavy atom. The van der Waals surface area contributed by atoms with Gasteiger partial charge in [0.15, 0.2) is 12.6 Å². The van der Waals surface area contributed by atoms with Gasteiger partial charge in [0, 0.05) is 19.8 Å². The van der Waals surface area contributed by atoms with Crippen molar-refractivity contribution in [3.8, 4) is 0 Å². The molecule has 0 aromatic heterocycles. The lowest BCUT2D eigenvalue weighted by atomic mass is 9.88. The molecular formula is C61H114N2O21. The third kappa shape index (κ3) is 26.8. The number of aliphatic hydroxyl groups excluding tert-OH is 11. The molecule has 23 nitrogen and oxygen atoms in total. The summed E-state index contributed by atoms with van der Waals surface area (Å²) < 4.78 is 34.8. The number of aliphatic carboxylic acids is 1. The van der Waals surface area contributed by atoms with Crippen LogP contribution in [0.25, 0.3) is 0 Å². The molecule has 494 valence electrons. The fraction of sp³-hybridized carbons (Fsp3) is 0.951. The zero-order valence-electron chi connectivity index (χ0n) is 51.0. The number of nitrogens with one attached hydrogen (secondary N) is 2. The minimum atomic E-state index is -3.07. The summed E-state index contributed by atoms with van der Waals surface area (Å²) in [6, 6.07) is -2.52. The summed E-state index contributed by atoms with van der Waals surface area (Å²) in [4.78, 5) is 38.4. The number of carboxylic acid groups (broad SMARTS) is 1. The Bertz CT molecular complexity index is 1720. The van der Waals surface area contributed by atoms with Gasteiger partial charge in [-0.05, 0) is 12.8 Å². The lowest BCUT2D eigenvalue weighted by Crippen LogP contribution is -2.70. The SMILES string of the molecule is CCCCCCCCCCCCCCCCCCCCCCC(O)C(COC1OC(CO)C(OC2OC(CO)C(O)C(OC3(C(=O)O)CC(O)C(NC(C)=O)C(C(O)C(O)CO)O3)C2O)C(O)C1O)NC(=O)CCCCCCCCCCCC. The van der Waals surface area contributed by atoms with Crippen molar-refractivity contribution in [1.82, 2.24) is 10.6 Å². The van der Waals surface area contributed by atoms with Gasteiger partial charge in [-0.15, -0.1) is 0 Å². The number of hydrogen-bond acceptors (Lipinski definition) is 20. The van der Waals surface area contributed by atoms with Crippen molar-refractivity contribution in [3.63, 3.8) is 0 Å². The summed E-state index contributed by atoms with van der Waals surface area (Å²) in [6.07, 6.45) is 7.04. The van der Waals surface area contributed by atoms with E-state index >= 15 is 0 Å². The summed E-state index contributed by atoms with van der Waals surface area (Å²) in [5.41, 5.74) is 0. The molecule has 3 saturated heterocycles. The van der Waals surface area contributed by atoms with Crippen LogP contribution in [0, 0.1) is 0 Å². The molecule has 14 N–H and O–H groups in total. The van der Waals surface area contributed by atoms with Gasteiger partial charge in [0.25, 0.3) is 5.79 Å². The first kappa shape index (κ1) is 76.0. The molecule has 18 unspecified atom stereocenters. The van der Waals surface area contributed by atoms with Gasteiger partial charge in [-0.25, -0.2) is 4.79 Å². The van der Waals surface area contributed by atoms with Crippen LogP contribution in [0.2, 0.25) is 0 Å². The highest BCUT2D eigenvalue weighted by atomic mass is 16.8. The number of carbonyl (C=O) groups excluding carboxylic acids is 2. The lowest BCUT2D eigenvalue weighted by Gasteiger charge is -2.50. The molecule has 3 aliphatic rings. The highest BCUT2D eigenvalue weighted by Crippen LogP contribution is 2.38. The molecule has 0 bridgehead atoms. The topological polar surface area (TPSA) is 373 Å². The first-order valence-electron chi connectivity index (χ1n) is 32.4. The Balaban J connectivity index is 1.61. The Hall–Kier alpha value is -2.27. The van der Waals surface area contributed by atoms with E-state index in [1.165, 1.54) is 128 Å². The maximum atomic E-state index is 13.4. The van der Waals surface area contributed by atoms with Gasteiger partial charge in [-0.3, -0.25) is 9.59 Å². The second-order valence-electron chi connectivity index (χ2n) is 24.0. The second-order valence-corrected chi connectivity index (χ2v) is 24.0. The maximum absolute atomic E-state index is 13.4. The van der Waals surface area contributed by atoms with Gasteiger partial charge in [0.2, 0.25) is 11.8 Å². The van der Waals surface area contributed by atoms with Crippen LogP contribution in [-0.2, 0) is 42.8 Å². The van der Waals surface area contributed by atoms with Crippen molar-refractivity contribution in [2.45, 2.75) is 342 Å². The molecule has 0 spiro atoms. The van der Waals surface area contributed by atoms with Crippen LogP contribution < -0.4 is 10.6 Å². The van der Waals surface area contributed by atoms with Crippen molar-refractivity contribution >= 4 is 17.8 Å². The zero-order chi connectivity index (χ0) is 61.9. The molecule has 84 heavy (non-hydrogen) atoms. The predicted octanol–water partition coefficient (Wildman–Crippen LogP) is 4.17. The predicted molar refractivity (Wildman–Crippen MR) is 311 cm³/mol. The van der Waals surface area contributed by atoms with Gasteiger partial charge in [0.05, 0.1) is 50.7 Å². The number of hydrogen-bond donors (Lipinski definition) is 14. The monoisotopic (exact) mass is 1210 g/mol. The largest absolute Gasteiger partial charge is 0.477 e. The first-order chi connectivity index (χ1) is 40.4. The van der Waals surface area contributed by atoms with Gasteiger partial charge in [-0.1, -0.05) is 200 Å². The lowest BCUT2D eigenvalue weighted by molar-refractivity contribution is -0.386. The number of aliphatic hydroxyl groups is 11. The quantitative estimate of drug-likeness (QED) is 0.0380.